The van der Waals surface area contributed by atoms with Gasteiger partial charge in [-0.05, 0) is 38.1 Å². The highest BCUT2D eigenvalue weighted by Gasteiger charge is 2.29. The summed E-state index contributed by atoms with van der Waals surface area (Å²) in [6.45, 7) is 2.24. The van der Waals surface area contributed by atoms with Crippen molar-refractivity contribution in [3.8, 4) is 6.07 Å². The highest BCUT2D eigenvalue weighted by Crippen LogP contribution is 2.38. The van der Waals surface area contributed by atoms with Crippen LogP contribution in [0.4, 0.5) is 0 Å². The summed E-state index contributed by atoms with van der Waals surface area (Å²) < 4.78 is 0. The summed E-state index contributed by atoms with van der Waals surface area (Å²) in [6, 6.07) is 2.98. The van der Waals surface area contributed by atoms with Crippen molar-refractivity contribution < 1.29 is 0 Å². The van der Waals surface area contributed by atoms with Crippen molar-refractivity contribution in [3.63, 3.8) is 0 Å². The van der Waals surface area contributed by atoms with E-state index >= 15 is 0 Å². The topological polar surface area (TPSA) is 35.8 Å². The molecule has 0 radical (unpaired) electrons. The Labute approximate surface area is 75.0 Å². The molecule has 0 amide bonds. The highest BCUT2D eigenvalue weighted by atomic mass is 14.9. The molecule has 0 atom stereocenters. The van der Waals surface area contributed by atoms with Crippen molar-refractivity contribution in [2.45, 2.75) is 45.1 Å². The van der Waals surface area contributed by atoms with Gasteiger partial charge in [0, 0.05) is 12.5 Å². The summed E-state index contributed by atoms with van der Waals surface area (Å²) in [5.41, 5.74) is 0.308. The summed E-state index contributed by atoms with van der Waals surface area (Å²) in [4.78, 5) is 0. The Hall–Kier alpha value is -0.550. The van der Waals surface area contributed by atoms with Gasteiger partial charge in [0.25, 0.3) is 0 Å². The summed E-state index contributed by atoms with van der Waals surface area (Å²) in [6.07, 6.45) is 5.59. The van der Waals surface area contributed by atoms with Gasteiger partial charge in [-0.15, -0.1) is 0 Å². The van der Waals surface area contributed by atoms with Crippen LogP contribution in [-0.2, 0) is 0 Å². The Balaban J connectivity index is 2.39. The molecule has 2 nitrogen and oxygen atoms in total. The van der Waals surface area contributed by atoms with Gasteiger partial charge < -0.3 is 5.32 Å². The minimum atomic E-state index is 0.308. The molecule has 1 aliphatic rings. The molecule has 1 saturated carbocycles. The van der Waals surface area contributed by atoms with Crippen LogP contribution in [0.3, 0.4) is 0 Å². The summed E-state index contributed by atoms with van der Waals surface area (Å²) >= 11 is 0. The second-order valence-corrected chi connectivity index (χ2v) is 4.21. The van der Waals surface area contributed by atoms with Crippen LogP contribution in [-0.4, -0.2) is 13.1 Å². The maximum absolute atomic E-state index is 8.64. The van der Waals surface area contributed by atoms with Crippen LogP contribution in [0, 0.1) is 16.7 Å². The molecule has 1 aliphatic carbocycles. The van der Waals surface area contributed by atoms with Crippen LogP contribution >= 0.6 is 0 Å². The van der Waals surface area contributed by atoms with E-state index in [1.165, 1.54) is 25.7 Å². The van der Waals surface area contributed by atoms with Gasteiger partial charge in [-0.25, -0.2) is 0 Å². The Morgan fingerprint density at radius 1 is 1.50 bits per heavy atom. The zero-order valence-electron chi connectivity index (χ0n) is 8.06. The molecule has 0 aromatic heterocycles. The molecule has 0 aromatic rings. The molecule has 1 N–H and O–H groups in total. The van der Waals surface area contributed by atoms with Gasteiger partial charge in [0.15, 0.2) is 0 Å². The number of rotatable bonds is 2. The summed E-state index contributed by atoms with van der Waals surface area (Å²) in [7, 11) is 2.03. The molecule has 68 valence electrons. The van der Waals surface area contributed by atoms with Gasteiger partial charge in [-0.3, -0.25) is 0 Å². The minimum absolute atomic E-state index is 0.308. The smallest absolute Gasteiger partial charge is 0.0627 e. The van der Waals surface area contributed by atoms with Gasteiger partial charge in [-0.1, -0.05) is 6.92 Å². The zero-order chi connectivity index (χ0) is 9.03. The quantitative estimate of drug-likeness (QED) is 0.681. The monoisotopic (exact) mass is 166 g/mol. The number of hydrogen-bond acceptors (Lipinski definition) is 2. The minimum Gasteiger partial charge on any atom is -0.317 e. The lowest BCUT2D eigenvalue weighted by atomic mass is 9.72. The first kappa shape index (κ1) is 9.54. The van der Waals surface area contributed by atoms with Gasteiger partial charge in [-0.2, -0.15) is 5.26 Å². The Bertz CT molecular complexity index is 173. The number of hydrogen-bond donors (Lipinski definition) is 1. The fraction of sp³-hybridized carbons (Fsp3) is 0.900. The lowest BCUT2D eigenvalue weighted by Crippen LogP contribution is -2.34. The molecule has 0 unspecified atom stereocenters. The Kier molecular flexibility index (Phi) is 3.11. The predicted octanol–water partition coefficient (Wildman–Crippen LogP) is 2.07. The molecule has 1 fully saturated rings. The van der Waals surface area contributed by atoms with Crippen LogP contribution in [0.1, 0.15) is 39.0 Å². The maximum atomic E-state index is 8.64. The van der Waals surface area contributed by atoms with Gasteiger partial charge >= 0.3 is 0 Å². The van der Waals surface area contributed by atoms with Crippen molar-refractivity contribution in [1.82, 2.24) is 5.32 Å². The standard InChI is InChI=1S/C10H18N2/c1-10(7-8-11)5-3-9(12-2)4-6-10/h9,12H,3-7H2,1-2H3/t9-,10-. The molecule has 0 heterocycles. The second-order valence-electron chi connectivity index (χ2n) is 4.21. The predicted molar refractivity (Wildman–Crippen MR) is 49.7 cm³/mol. The van der Waals surface area contributed by atoms with Gasteiger partial charge in [0.2, 0.25) is 0 Å². The number of nitrogens with zero attached hydrogens (tertiary/aromatic N) is 1. The van der Waals surface area contributed by atoms with Gasteiger partial charge in [0.05, 0.1) is 6.07 Å². The van der Waals surface area contributed by atoms with E-state index in [0.717, 1.165) is 6.42 Å². The molecule has 0 aliphatic heterocycles. The van der Waals surface area contributed by atoms with Crippen LogP contribution in [0.2, 0.25) is 0 Å². The maximum Gasteiger partial charge on any atom is 0.0627 e. The molecule has 0 bridgehead atoms. The van der Waals surface area contributed by atoms with E-state index in [1.54, 1.807) is 0 Å². The molecule has 12 heavy (non-hydrogen) atoms. The van der Waals surface area contributed by atoms with Crippen LogP contribution in [0.25, 0.3) is 0 Å². The zero-order valence-corrected chi connectivity index (χ0v) is 8.06. The van der Waals surface area contributed by atoms with E-state index in [2.05, 4.69) is 18.3 Å². The molecule has 0 spiro atoms. The SMILES string of the molecule is CN[C@H]1CC[C@](C)(CC#N)CC1. The fourth-order valence-corrected chi connectivity index (χ4v) is 1.97. The average Bonchev–Trinajstić information content (AvgIpc) is 2.06. The van der Waals surface area contributed by atoms with E-state index in [0.29, 0.717) is 11.5 Å². The lowest BCUT2D eigenvalue weighted by Gasteiger charge is -2.35. The highest BCUT2D eigenvalue weighted by molar-refractivity contribution is 4.90. The number of nitriles is 1. The average molecular weight is 166 g/mol. The molecular weight excluding hydrogens is 148 g/mol. The molecule has 0 aromatic carbocycles. The first-order valence-electron chi connectivity index (χ1n) is 4.74. The van der Waals surface area contributed by atoms with Crippen molar-refractivity contribution in [2.75, 3.05) is 7.05 Å². The lowest BCUT2D eigenvalue weighted by molar-refractivity contribution is 0.193. The second kappa shape index (κ2) is 3.91. The van der Waals surface area contributed by atoms with Crippen molar-refractivity contribution >= 4 is 0 Å². The van der Waals surface area contributed by atoms with E-state index in [9.17, 15) is 0 Å². The first-order chi connectivity index (χ1) is 5.70. The summed E-state index contributed by atoms with van der Waals surface area (Å²) in [5, 5.41) is 11.9. The van der Waals surface area contributed by atoms with E-state index in [1.807, 2.05) is 7.05 Å². The van der Waals surface area contributed by atoms with E-state index in [4.69, 9.17) is 5.26 Å². The third-order valence-electron chi connectivity index (χ3n) is 3.11. The third kappa shape index (κ3) is 2.22. The van der Waals surface area contributed by atoms with Crippen molar-refractivity contribution in [2.24, 2.45) is 5.41 Å². The molecule has 2 heteroatoms. The first-order valence-corrected chi connectivity index (χ1v) is 4.74. The third-order valence-corrected chi connectivity index (χ3v) is 3.11. The van der Waals surface area contributed by atoms with Gasteiger partial charge in [0.1, 0.15) is 0 Å². The normalized spacial score (nSPS) is 35.9. The largest absolute Gasteiger partial charge is 0.317 e. The molecule has 0 saturated heterocycles. The van der Waals surface area contributed by atoms with Crippen molar-refractivity contribution in [1.29, 1.82) is 5.26 Å². The Morgan fingerprint density at radius 3 is 2.50 bits per heavy atom. The Morgan fingerprint density at radius 2 is 2.08 bits per heavy atom. The fourth-order valence-electron chi connectivity index (χ4n) is 1.97. The van der Waals surface area contributed by atoms with E-state index in [-0.39, 0.29) is 0 Å². The van der Waals surface area contributed by atoms with Crippen LogP contribution in [0.15, 0.2) is 0 Å². The molecular formula is C10H18N2. The molecule has 1 rings (SSSR count). The van der Waals surface area contributed by atoms with Crippen LogP contribution < -0.4 is 5.32 Å². The van der Waals surface area contributed by atoms with Crippen LogP contribution in [0.5, 0.6) is 0 Å². The van der Waals surface area contributed by atoms with E-state index < -0.39 is 0 Å². The van der Waals surface area contributed by atoms with Crippen molar-refractivity contribution in [3.05, 3.63) is 0 Å². The number of nitrogens with one attached hydrogen (secondary N) is 1. The summed E-state index contributed by atoms with van der Waals surface area (Å²) in [5.74, 6) is 0.